The average molecular weight is 352 g/mol. The summed E-state index contributed by atoms with van der Waals surface area (Å²) in [5.74, 6) is 0.740. The van der Waals surface area contributed by atoms with Gasteiger partial charge in [0.15, 0.2) is 0 Å². The number of nitrogens with one attached hydrogen (secondary N) is 1. The Hall–Kier alpha value is -2.53. The van der Waals surface area contributed by atoms with Crippen LogP contribution in [0.5, 0.6) is 0 Å². The molecule has 3 rings (SSSR count). The lowest BCUT2D eigenvalue weighted by atomic mass is 10.2. The molecule has 5 heteroatoms. The molecule has 0 atom stereocenters. The Labute approximate surface area is 151 Å². The summed E-state index contributed by atoms with van der Waals surface area (Å²) >= 11 is 1.52. The zero-order valence-electron chi connectivity index (χ0n) is 14.3. The molecule has 0 spiro atoms. The van der Waals surface area contributed by atoms with Gasteiger partial charge in [-0.15, -0.1) is 0 Å². The molecule has 0 aliphatic rings. The number of aryl methyl sites for hydroxylation is 2. The minimum atomic E-state index is -0.118. The summed E-state index contributed by atoms with van der Waals surface area (Å²) in [6.45, 7) is 4.65. The second-order valence-electron chi connectivity index (χ2n) is 5.81. The van der Waals surface area contributed by atoms with Crippen LogP contribution in [0.3, 0.4) is 0 Å². The van der Waals surface area contributed by atoms with Gasteiger partial charge in [-0.05, 0) is 55.3 Å². The highest BCUT2D eigenvalue weighted by Crippen LogP contribution is 2.31. The van der Waals surface area contributed by atoms with E-state index in [2.05, 4.69) is 42.3 Å². The first kappa shape index (κ1) is 17.3. The Balaban J connectivity index is 1.71. The number of amides is 1. The van der Waals surface area contributed by atoms with Crippen molar-refractivity contribution in [3.05, 3.63) is 77.4 Å². The summed E-state index contributed by atoms with van der Waals surface area (Å²) in [5.41, 5.74) is 2.95. The third-order valence-corrected chi connectivity index (χ3v) is 4.98. The molecule has 0 saturated carbocycles. The van der Waals surface area contributed by atoms with E-state index in [0.717, 1.165) is 10.7 Å². The third kappa shape index (κ3) is 4.51. The number of hydrogen-bond acceptors (Lipinski definition) is 4. The first-order chi connectivity index (χ1) is 12.1. The predicted octanol–water partition coefficient (Wildman–Crippen LogP) is 4.42. The maximum absolute atomic E-state index is 12.5. The molecule has 1 amide bonds. The molecule has 1 N–H and O–H groups in total. The predicted molar refractivity (Wildman–Crippen MR) is 99.0 cm³/mol. The van der Waals surface area contributed by atoms with E-state index < -0.39 is 0 Å². The summed E-state index contributed by atoms with van der Waals surface area (Å²) < 4.78 is 5.28. The van der Waals surface area contributed by atoms with E-state index in [9.17, 15) is 4.79 Å². The fourth-order valence-electron chi connectivity index (χ4n) is 2.42. The van der Waals surface area contributed by atoms with E-state index in [1.54, 1.807) is 18.5 Å². The number of aromatic nitrogens is 1. The second-order valence-corrected chi connectivity index (χ2v) is 6.84. The minimum absolute atomic E-state index is 0.118. The molecular formula is C20H20N2O2S. The molecule has 1 aromatic carbocycles. The molecule has 0 fully saturated rings. The molecular weight excluding hydrogens is 332 g/mol. The number of nitrogens with zero attached hydrogens (tertiary/aromatic N) is 1. The van der Waals surface area contributed by atoms with Crippen LogP contribution in [0.25, 0.3) is 0 Å². The molecule has 0 radical (unpaired) electrons. The van der Waals surface area contributed by atoms with Gasteiger partial charge in [0.25, 0.3) is 5.91 Å². The zero-order chi connectivity index (χ0) is 17.6. The highest BCUT2D eigenvalue weighted by Gasteiger charge is 2.14. The summed E-state index contributed by atoms with van der Waals surface area (Å²) in [6, 6.07) is 13.6. The fraction of sp³-hybridized carbons (Fsp3) is 0.200. The van der Waals surface area contributed by atoms with Crippen molar-refractivity contribution in [3.63, 3.8) is 0 Å². The summed E-state index contributed by atoms with van der Waals surface area (Å²) in [4.78, 5) is 18.1. The van der Waals surface area contributed by atoms with Crippen LogP contribution in [0.15, 0.2) is 69.3 Å². The van der Waals surface area contributed by atoms with Gasteiger partial charge in [0.05, 0.1) is 11.8 Å². The standard InChI is InChI=1S/C20H20N2O2S/c1-14-7-8-15(2)18(13-14)25-20-17(6-3-10-22-20)19(23)21-11-9-16-5-4-12-24-16/h3-8,10,12-13H,9,11H2,1-2H3,(H,21,23). The van der Waals surface area contributed by atoms with Gasteiger partial charge in [0, 0.05) is 24.1 Å². The monoisotopic (exact) mass is 352 g/mol. The van der Waals surface area contributed by atoms with Gasteiger partial charge < -0.3 is 9.73 Å². The van der Waals surface area contributed by atoms with E-state index in [1.807, 2.05) is 18.2 Å². The number of carbonyl (C=O) groups is 1. The molecule has 0 unspecified atom stereocenters. The minimum Gasteiger partial charge on any atom is -0.469 e. The Morgan fingerprint density at radius 1 is 1.20 bits per heavy atom. The lowest BCUT2D eigenvalue weighted by Crippen LogP contribution is -2.26. The molecule has 2 aromatic heterocycles. The average Bonchev–Trinajstić information content (AvgIpc) is 3.12. The van der Waals surface area contributed by atoms with Crippen LogP contribution >= 0.6 is 11.8 Å². The number of pyridine rings is 1. The van der Waals surface area contributed by atoms with E-state index in [1.165, 1.54) is 22.9 Å². The fourth-order valence-corrected chi connectivity index (χ4v) is 3.48. The van der Waals surface area contributed by atoms with Crippen LogP contribution in [-0.2, 0) is 6.42 Å². The molecule has 0 aliphatic carbocycles. The van der Waals surface area contributed by atoms with Crippen molar-refractivity contribution in [2.75, 3.05) is 6.54 Å². The van der Waals surface area contributed by atoms with Crippen molar-refractivity contribution in [1.29, 1.82) is 0 Å². The molecule has 3 aromatic rings. The van der Waals surface area contributed by atoms with E-state index in [0.29, 0.717) is 23.6 Å². The number of benzene rings is 1. The number of furan rings is 1. The summed E-state index contributed by atoms with van der Waals surface area (Å²) in [6.07, 6.45) is 4.02. The van der Waals surface area contributed by atoms with Crippen LogP contribution in [0, 0.1) is 13.8 Å². The van der Waals surface area contributed by atoms with Crippen LogP contribution < -0.4 is 5.32 Å². The van der Waals surface area contributed by atoms with E-state index in [4.69, 9.17) is 4.42 Å². The van der Waals surface area contributed by atoms with Crippen molar-refractivity contribution in [1.82, 2.24) is 10.3 Å². The van der Waals surface area contributed by atoms with Gasteiger partial charge in [-0.1, -0.05) is 23.9 Å². The van der Waals surface area contributed by atoms with Gasteiger partial charge in [-0.3, -0.25) is 4.79 Å². The first-order valence-corrected chi connectivity index (χ1v) is 8.96. The van der Waals surface area contributed by atoms with Crippen LogP contribution in [0.1, 0.15) is 27.2 Å². The molecule has 25 heavy (non-hydrogen) atoms. The Morgan fingerprint density at radius 2 is 2.08 bits per heavy atom. The highest BCUT2D eigenvalue weighted by atomic mass is 32.2. The van der Waals surface area contributed by atoms with Crippen molar-refractivity contribution in [2.24, 2.45) is 0 Å². The number of rotatable bonds is 6. The SMILES string of the molecule is Cc1ccc(C)c(Sc2ncccc2C(=O)NCCc2ccco2)c1. The van der Waals surface area contributed by atoms with Gasteiger partial charge in [0.1, 0.15) is 10.8 Å². The van der Waals surface area contributed by atoms with Crippen molar-refractivity contribution < 1.29 is 9.21 Å². The van der Waals surface area contributed by atoms with E-state index >= 15 is 0 Å². The van der Waals surface area contributed by atoms with Gasteiger partial charge in [-0.2, -0.15) is 0 Å². The number of carbonyl (C=O) groups excluding carboxylic acids is 1. The van der Waals surface area contributed by atoms with Crippen LogP contribution in [-0.4, -0.2) is 17.4 Å². The topological polar surface area (TPSA) is 55.1 Å². The van der Waals surface area contributed by atoms with Crippen molar-refractivity contribution >= 4 is 17.7 Å². The zero-order valence-corrected chi connectivity index (χ0v) is 15.1. The largest absolute Gasteiger partial charge is 0.469 e. The van der Waals surface area contributed by atoms with E-state index in [-0.39, 0.29) is 5.91 Å². The smallest absolute Gasteiger partial charge is 0.254 e. The second kappa shape index (κ2) is 8.03. The van der Waals surface area contributed by atoms with Crippen molar-refractivity contribution in [2.45, 2.75) is 30.2 Å². The Bertz CT molecular complexity index is 860. The normalized spacial score (nSPS) is 10.6. The summed E-state index contributed by atoms with van der Waals surface area (Å²) in [5, 5.41) is 3.65. The molecule has 0 aliphatic heterocycles. The van der Waals surface area contributed by atoms with Crippen LogP contribution in [0.2, 0.25) is 0 Å². The maximum Gasteiger partial charge on any atom is 0.254 e. The quantitative estimate of drug-likeness (QED) is 0.714. The summed E-state index contributed by atoms with van der Waals surface area (Å²) in [7, 11) is 0. The molecule has 0 saturated heterocycles. The first-order valence-electron chi connectivity index (χ1n) is 8.14. The highest BCUT2D eigenvalue weighted by molar-refractivity contribution is 7.99. The molecule has 2 heterocycles. The lowest BCUT2D eigenvalue weighted by Gasteiger charge is -2.10. The molecule has 0 bridgehead atoms. The maximum atomic E-state index is 12.5. The number of hydrogen-bond donors (Lipinski definition) is 1. The van der Waals surface area contributed by atoms with Crippen LogP contribution in [0.4, 0.5) is 0 Å². The van der Waals surface area contributed by atoms with Gasteiger partial charge in [-0.25, -0.2) is 4.98 Å². The Kier molecular flexibility index (Phi) is 5.56. The lowest BCUT2D eigenvalue weighted by molar-refractivity contribution is 0.0950. The Morgan fingerprint density at radius 3 is 2.88 bits per heavy atom. The van der Waals surface area contributed by atoms with Gasteiger partial charge >= 0.3 is 0 Å². The molecule has 4 nitrogen and oxygen atoms in total. The molecule has 128 valence electrons. The van der Waals surface area contributed by atoms with Gasteiger partial charge in [0.2, 0.25) is 0 Å². The van der Waals surface area contributed by atoms with Crippen molar-refractivity contribution in [3.8, 4) is 0 Å². The third-order valence-electron chi connectivity index (χ3n) is 3.80.